The summed E-state index contributed by atoms with van der Waals surface area (Å²) >= 11 is 0. The van der Waals surface area contributed by atoms with Gasteiger partial charge in [0.2, 0.25) is 0 Å². The van der Waals surface area contributed by atoms with E-state index in [1.165, 1.54) is 11.1 Å². The first kappa shape index (κ1) is 11.9. The molecular weight excluding hydrogens is 246 g/mol. The zero-order valence-corrected chi connectivity index (χ0v) is 10.5. The van der Waals surface area contributed by atoms with E-state index in [9.17, 15) is 4.79 Å². The highest BCUT2D eigenvalue weighted by atomic mass is 16.5. The molecule has 0 fully saturated rings. The van der Waals surface area contributed by atoms with Crippen LogP contribution >= 0.6 is 0 Å². The van der Waals surface area contributed by atoms with Crippen molar-refractivity contribution in [3.8, 4) is 11.5 Å². The first-order chi connectivity index (χ1) is 9.28. The number of nitrogens with zero attached hydrogens (tertiary/aromatic N) is 2. The Morgan fingerprint density at radius 2 is 2.26 bits per heavy atom. The van der Waals surface area contributed by atoms with E-state index in [1.807, 2.05) is 18.2 Å². The molecule has 0 saturated heterocycles. The highest BCUT2D eigenvalue weighted by Gasteiger charge is 2.18. The maximum absolute atomic E-state index is 11.5. The summed E-state index contributed by atoms with van der Waals surface area (Å²) in [6, 6.07) is 5.94. The fraction of sp³-hybridized carbons (Fsp3) is 0.308. The van der Waals surface area contributed by atoms with Crippen LogP contribution in [0.15, 0.2) is 22.7 Å². The predicted molar refractivity (Wildman–Crippen MR) is 66.2 cm³/mol. The van der Waals surface area contributed by atoms with E-state index in [0.29, 0.717) is 5.89 Å². The summed E-state index contributed by atoms with van der Waals surface area (Å²) in [5.41, 5.74) is 3.30. The van der Waals surface area contributed by atoms with Crippen LogP contribution in [0.3, 0.4) is 0 Å². The number of benzene rings is 1. The second kappa shape index (κ2) is 4.81. The first-order valence-electron chi connectivity index (χ1n) is 6.11. The molecule has 0 aliphatic carbocycles. The Hall–Kier alpha value is -2.21. The lowest BCUT2D eigenvalue weighted by molar-refractivity contribution is 0.0508. The second-order valence-electron chi connectivity index (χ2n) is 4.23. The molecular formula is C13H13N3O3. The van der Waals surface area contributed by atoms with E-state index < -0.39 is 5.97 Å². The molecule has 98 valence electrons. The maximum atomic E-state index is 11.5. The zero-order chi connectivity index (χ0) is 13.2. The Morgan fingerprint density at radius 3 is 3.11 bits per heavy atom. The van der Waals surface area contributed by atoms with Crippen molar-refractivity contribution in [2.75, 3.05) is 6.61 Å². The number of carbonyl (C=O) groups excluding carboxylic acids is 1. The van der Waals surface area contributed by atoms with Gasteiger partial charge in [0.25, 0.3) is 11.7 Å². The summed E-state index contributed by atoms with van der Waals surface area (Å²) in [6.45, 7) is 3.73. The molecule has 6 heteroatoms. The van der Waals surface area contributed by atoms with E-state index in [0.717, 1.165) is 18.7 Å². The van der Waals surface area contributed by atoms with Crippen LogP contribution in [0.1, 0.15) is 28.7 Å². The van der Waals surface area contributed by atoms with Gasteiger partial charge in [-0.15, -0.1) is 0 Å². The van der Waals surface area contributed by atoms with Crippen molar-refractivity contribution in [3.63, 3.8) is 0 Å². The highest BCUT2D eigenvalue weighted by molar-refractivity contribution is 5.85. The minimum Gasteiger partial charge on any atom is -0.460 e. The molecule has 0 atom stereocenters. The third kappa shape index (κ3) is 2.22. The number of esters is 1. The fourth-order valence-corrected chi connectivity index (χ4v) is 2.05. The number of rotatable bonds is 3. The summed E-state index contributed by atoms with van der Waals surface area (Å²) in [7, 11) is 0. The Morgan fingerprint density at radius 1 is 1.42 bits per heavy atom. The molecule has 0 amide bonds. The van der Waals surface area contributed by atoms with Crippen molar-refractivity contribution in [1.29, 1.82) is 0 Å². The van der Waals surface area contributed by atoms with Crippen molar-refractivity contribution in [2.24, 2.45) is 0 Å². The van der Waals surface area contributed by atoms with Crippen LogP contribution in [-0.4, -0.2) is 22.7 Å². The van der Waals surface area contributed by atoms with E-state index in [1.54, 1.807) is 6.92 Å². The Labute approximate surface area is 109 Å². The predicted octanol–water partition coefficient (Wildman–Crippen LogP) is 1.52. The molecule has 0 unspecified atom stereocenters. The lowest BCUT2D eigenvalue weighted by Gasteiger charge is -1.99. The van der Waals surface area contributed by atoms with Crippen LogP contribution in [0.5, 0.6) is 0 Å². The van der Waals surface area contributed by atoms with Crippen LogP contribution in [-0.2, 0) is 17.8 Å². The summed E-state index contributed by atoms with van der Waals surface area (Å²) in [5.74, 6) is -0.284. The second-order valence-corrected chi connectivity index (χ2v) is 4.23. The zero-order valence-electron chi connectivity index (χ0n) is 10.5. The van der Waals surface area contributed by atoms with Crippen molar-refractivity contribution in [3.05, 3.63) is 35.2 Å². The Bertz CT molecular complexity index is 621. The number of hydrogen-bond acceptors (Lipinski definition) is 6. The number of hydrogen-bond donors (Lipinski definition) is 1. The van der Waals surface area contributed by atoms with E-state index >= 15 is 0 Å². The number of fused-ring (bicyclic) bond motifs is 1. The average Bonchev–Trinajstić information content (AvgIpc) is 3.07. The number of nitrogens with one attached hydrogen (secondary N) is 1. The van der Waals surface area contributed by atoms with Gasteiger partial charge in [0.15, 0.2) is 0 Å². The van der Waals surface area contributed by atoms with Crippen molar-refractivity contribution in [2.45, 2.75) is 20.0 Å². The number of aromatic nitrogens is 2. The lowest BCUT2D eigenvalue weighted by Crippen LogP contribution is -2.06. The van der Waals surface area contributed by atoms with Gasteiger partial charge < -0.3 is 14.6 Å². The molecule has 1 aliphatic heterocycles. The molecule has 1 aromatic carbocycles. The smallest absolute Gasteiger partial charge is 0.379 e. The van der Waals surface area contributed by atoms with Crippen molar-refractivity contribution in [1.82, 2.24) is 15.5 Å². The van der Waals surface area contributed by atoms with Gasteiger partial charge in [-0.25, -0.2) is 4.79 Å². The van der Waals surface area contributed by atoms with Crippen LogP contribution in [0.4, 0.5) is 0 Å². The maximum Gasteiger partial charge on any atom is 0.379 e. The molecule has 19 heavy (non-hydrogen) atoms. The molecule has 1 aromatic heterocycles. The molecule has 0 saturated carbocycles. The topological polar surface area (TPSA) is 77.2 Å². The third-order valence-electron chi connectivity index (χ3n) is 2.97. The molecule has 0 bridgehead atoms. The van der Waals surface area contributed by atoms with E-state index in [2.05, 4.69) is 15.5 Å². The molecule has 2 aromatic rings. The van der Waals surface area contributed by atoms with Gasteiger partial charge in [0, 0.05) is 18.7 Å². The van der Waals surface area contributed by atoms with Crippen LogP contribution in [0.25, 0.3) is 11.5 Å². The average molecular weight is 259 g/mol. The van der Waals surface area contributed by atoms with Gasteiger partial charge in [-0.2, -0.15) is 4.98 Å². The Kier molecular flexibility index (Phi) is 3.00. The van der Waals surface area contributed by atoms with Crippen molar-refractivity contribution >= 4 is 5.97 Å². The Balaban J connectivity index is 1.88. The molecule has 6 nitrogen and oxygen atoms in total. The number of carbonyl (C=O) groups is 1. The molecule has 1 aliphatic rings. The van der Waals surface area contributed by atoms with Gasteiger partial charge in [-0.3, -0.25) is 0 Å². The number of ether oxygens (including phenoxy) is 1. The quantitative estimate of drug-likeness (QED) is 0.842. The summed E-state index contributed by atoms with van der Waals surface area (Å²) < 4.78 is 9.91. The van der Waals surface area contributed by atoms with Gasteiger partial charge in [-0.05, 0) is 35.3 Å². The monoisotopic (exact) mass is 259 g/mol. The van der Waals surface area contributed by atoms with E-state index in [4.69, 9.17) is 9.26 Å². The summed E-state index contributed by atoms with van der Waals surface area (Å²) in [5, 5.41) is 6.89. The summed E-state index contributed by atoms with van der Waals surface area (Å²) in [4.78, 5) is 15.5. The van der Waals surface area contributed by atoms with Gasteiger partial charge >= 0.3 is 5.97 Å². The molecule has 3 rings (SSSR count). The SMILES string of the molecule is CCOC(=O)c1noc(-c2ccc3c(c2)CNC3)n1. The highest BCUT2D eigenvalue weighted by Crippen LogP contribution is 2.23. The van der Waals surface area contributed by atoms with E-state index in [-0.39, 0.29) is 12.4 Å². The molecule has 0 spiro atoms. The molecule has 1 N–H and O–H groups in total. The molecule has 0 radical (unpaired) electrons. The normalized spacial score (nSPS) is 13.3. The van der Waals surface area contributed by atoms with Gasteiger partial charge in [0.1, 0.15) is 0 Å². The third-order valence-corrected chi connectivity index (χ3v) is 2.97. The van der Waals surface area contributed by atoms with Crippen LogP contribution in [0, 0.1) is 0 Å². The molecule has 2 heterocycles. The minimum atomic E-state index is -0.569. The van der Waals surface area contributed by atoms with Crippen LogP contribution in [0.2, 0.25) is 0 Å². The fourth-order valence-electron chi connectivity index (χ4n) is 2.05. The lowest BCUT2D eigenvalue weighted by atomic mass is 10.1. The minimum absolute atomic E-state index is 0.0459. The first-order valence-corrected chi connectivity index (χ1v) is 6.11. The summed E-state index contributed by atoms with van der Waals surface area (Å²) in [6.07, 6.45) is 0. The largest absolute Gasteiger partial charge is 0.460 e. The van der Waals surface area contributed by atoms with Gasteiger partial charge in [0.05, 0.1) is 6.61 Å². The van der Waals surface area contributed by atoms with Gasteiger partial charge in [-0.1, -0.05) is 6.07 Å². The van der Waals surface area contributed by atoms with Crippen molar-refractivity contribution < 1.29 is 14.1 Å². The van der Waals surface area contributed by atoms with Crippen LogP contribution < -0.4 is 5.32 Å². The standard InChI is InChI=1S/C13H13N3O3/c1-2-18-13(17)11-15-12(19-16-11)8-3-4-9-6-14-7-10(9)5-8/h3-5,14H,2,6-7H2,1H3.